The van der Waals surface area contributed by atoms with Crippen LogP contribution in [0.3, 0.4) is 0 Å². The van der Waals surface area contributed by atoms with E-state index in [2.05, 4.69) is 0 Å². The zero-order valence-corrected chi connectivity index (χ0v) is 9.32. The zero-order valence-electron chi connectivity index (χ0n) is 6.88. The summed E-state index contributed by atoms with van der Waals surface area (Å²) in [5, 5.41) is 14.3. The summed E-state index contributed by atoms with van der Waals surface area (Å²) in [6.07, 6.45) is 0. The highest BCUT2D eigenvalue weighted by Gasteiger charge is 2.16. The van der Waals surface area contributed by atoms with Gasteiger partial charge in [0.15, 0.2) is 0 Å². The van der Waals surface area contributed by atoms with E-state index in [0.717, 1.165) is 8.42 Å². The van der Waals surface area contributed by atoms with Gasteiger partial charge in [0.2, 0.25) is 0 Å². The van der Waals surface area contributed by atoms with Crippen molar-refractivity contribution in [1.82, 2.24) is 0 Å². The lowest BCUT2D eigenvalue weighted by atomic mass is 10.6. The van der Waals surface area contributed by atoms with Crippen molar-refractivity contribution in [3.63, 3.8) is 0 Å². The van der Waals surface area contributed by atoms with Crippen molar-refractivity contribution < 1.29 is 4.92 Å². The second-order valence-corrected chi connectivity index (χ2v) is 5.82. The van der Waals surface area contributed by atoms with Gasteiger partial charge in [-0.05, 0) is 16.8 Å². The van der Waals surface area contributed by atoms with Gasteiger partial charge in [0.05, 0.1) is 9.13 Å². The first-order chi connectivity index (χ1) is 6.77. The number of hydrogen-bond donors (Lipinski definition) is 0. The van der Waals surface area contributed by atoms with E-state index in [1.165, 1.54) is 23.1 Å². The molecular weight excluding hydrogens is 238 g/mol. The molecule has 2 aromatic rings. The quantitative estimate of drug-likeness (QED) is 0.607. The van der Waals surface area contributed by atoms with Crippen molar-refractivity contribution in [2.24, 2.45) is 0 Å². The third-order valence-corrected chi connectivity index (χ3v) is 4.66. The van der Waals surface area contributed by atoms with Gasteiger partial charge in [-0.1, -0.05) is 17.8 Å². The first-order valence-corrected chi connectivity index (χ1v) is 6.28. The average Bonchev–Trinajstić information content (AvgIpc) is 2.75. The summed E-state index contributed by atoms with van der Waals surface area (Å²) in [6, 6.07) is 5.44. The molecule has 0 saturated heterocycles. The maximum Gasteiger partial charge on any atom is 0.294 e. The molecule has 0 amide bonds. The van der Waals surface area contributed by atoms with Crippen LogP contribution in [0, 0.1) is 10.1 Å². The molecule has 0 radical (unpaired) electrons. The largest absolute Gasteiger partial charge is 0.294 e. The Morgan fingerprint density at radius 2 is 2.14 bits per heavy atom. The molecule has 2 aromatic heterocycles. The van der Waals surface area contributed by atoms with Crippen LogP contribution in [0.2, 0.25) is 0 Å². The van der Waals surface area contributed by atoms with Crippen LogP contribution in [0.15, 0.2) is 37.4 Å². The van der Waals surface area contributed by atoms with E-state index < -0.39 is 0 Å². The van der Waals surface area contributed by atoms with Crippen LogP contribution < -0.4 is 0 Å². The summed E-state index contributed by atoms with van der Waals surface area (Å²) < 4.78 is 1.83. The van der Waals surface area contributed by atoms with E-state index in [4.69, 9.17) is 0 Å². The van der Waals surface area contributed by atoms with Crippen molar-refractivity contribution in [1.29, 1.82) is 0 Å². The molecule has 72 valence electrons. The van der Waals surface area contributed by atoms with Gasteiger partial charge in [0.1, 0.15) is 4.21 Å². The highest BCUT2D eigenvalue weighted by molar-refractivity contribution is 8.03. The Morgan fingerprint density at radius 1 is 1.29 bits per heavy atom. The Kier molecular flexibility index (Phi) is 2.85. The minimum absolute atomic E-state index is 0.202. The Bertz CT molecular complexity index is 435. The van der Waals surface area contributed by atoms with Gasteiger partial charge in [-0.3, -0.25) is 10.1 Å². The molecule has 14 heavy (non-hydrogen) atoms. The summed E-state index contributed by atoms with van der Waals surface area (Å²) in [5.41, 5.74) is 0.202. The summed E-state index contributed by atoms with van der Waals surface area (Å²) in [7, 11) is 0. The van der Waals surface area contributed by atoms with Crippen molar-refractivity contribution in [2.75, 3.05) is 0 Å². The maximum atomic E-state index is 10.6. The van der Waals surface area contributed by atoms with Crippen LogP contribution in [0.1, 0.15) is 0 Å². The van der Waals surface area contributed by atoms with E-state index in [1.54, 1.807) is 22.8 Å². The van der Waals surface area contributed by atoms with E-state index in [1.807, 2.05) is 17.5 Å². The second kappa shape index (κ2) is 4.12. The predicted octanol–water partition coefficient (Wildman–Crippen LogP) is 3.87. The van der Waals surface area contributed by atoms with Gasteiger partial charge >= 0.3 is 0 Å². The third-order valence-electron chi connectivity index (χ3n) is 1.50. The van der Waals surface area contributed by atoms with Crippen molar-refractivity contribution >= 4 is 40.1 Å². The van der Waals surface area contributed by atoms with Gasteiger partial charge in [0.25, 0.3) is 5.69 Å². The highest BCUT2D eigenvalue weighted by Crippen LogP contribution is 2.40. The number of nitro groups is 1. The fourth-order valence-electron chi connectivity index (χ4n) is 0.913. The van der Waals surface area contributed by atoms with Crippen molar-refractivity contribution in [2.45, 2.75) is 8.42 Å². The third kappa shape index (κ3) is 1.97. The minimum Gasteiger partial charge on any atom is -0.258 e. The SMILES string of the molecule is O=[N+]([O-])c1ccsc1Sc1cccs1. The van der Waals surface area contributed by atoms with Gasteiger partial charge in [0, 0.05) is 6.07 Å². The van der Waals surface area contributed by atoms with Crippen LogP contribution in [-0.4, -0.2) is 4.92 Å². The molecule has 0 aliphatic heterocycles. The first kappa shape index (κ1) is 9.70. The zero-order chi connectivity index (χ0) is 9.97. The van der Waals surface area contributed by atoms with Gasteiger partial charge in [-0.15, -0.1) is 22.7 Å². The fourth-order valence-corrected chi connectivity index (χ4v) is 3.92. The van der Waals surface area contributed by atoms with Crippen LogP contribution in [0.4, 0.5) is 5.69 Å². The molecule has 3 nitrogen and oxygen atoms in total. The van der Waals surface area contributed by atoms with Crippen LogP contribution in [-0.2, 0) is 0 Å². The maximum absolute atomic E-state index is 10.6. The van der Waals surface area contributed by atoms with Crippen molar-refractivity contribution in [3.05, 3.63) is 39.1 Å². The lowest BCUT2D eigenvalue weighted by Gasteiger charge is -1.93. The van der Waals surface area contributed by atoms with Crippen molar-refractivity contribution in [3.8, 4) is 0 Å². The molecule has 0 aliphatic carbocycles. The molecule has 2 heterocycles. The number of rotatable bonds is 3. The van der Waals surface area contributed by atoms with Crippen LogP contribution >= 0.6 is 34.4 Å². The lowest BCUT2D eigenvalue weighted by molar-refractivity contribution is -0.387. The molecule has 0 atom stereocenters. The summed E-state index contributed by atoms with van der Waals surface area (Å²) >= 11 is 4.44. The second-order valence-electron chi connectivity index (χ2n) is 2.38. The minimum atomic E-state index is -0.341. The highest BCUT2D eigenvalue weighted by atomic mass is 32.2. The summed E-state index contributed by atoms with van der Waals surface area (Å²) in [4.78, 5) is 10.3. The molecule has 0 aromatic carbocycles. The standard InChI is InChI=1S/C8H5NO2S3/c10-9(11)6-3-5-13-8(6)14-7-2-1-4-12-7/h1-5H. The normalized spacial score (nSPS) is 10.3. The summed E-state index contributed by atoms with van der Waals surface area (Å²) in [6.45, 7) is 0. The monoisotopic (exact) mass is 243 g/mol. The smallest absolute Gasteiger partial charge is 0.258 e. The van der Waals surface area contributed by atoms with Gasteiger partial charge < -0.3 is 0 Å². The molecule has 0 spiro atoms. The molecule has 0 N–H and O–H groups in total. The fraction of sp³-hybridized carbons (Fsp3) is 0. The summed E-state index contributed by atoms with van der Waals surface area (Å²) in [5.74, 6) is 0. The van der Waals surface area contributed by atoms with E-state index in [-0.39, 0.29) is 10.6 Å². The Hall–Kier alpha value is -0.850. The Labute approximate surface area is 92.5 Å². The molecule has 6 heteroatoms. The van der Waals surface area contributed by atoms with Crippen LogP contribution in [0.5, 0.6) is 0 Å². The van der Waals surface area contributed by atoms with Crippen LogP contribution in [0.25, 0.3) is 0 Å². The Balaban J connectivity index is 2.25. The Morgan fingerprint density at radius 3 is 2.79 bits per heavy atom. The molecule has 0 unspecified atom stereocenters. The molecule has 0 fully saturated rings. The van der Waals surface area contributed by atoms with E-state index >= 15 is 0 Å². The van der Waals surface area contributed by atoms with E-state index in [9.17, 15) is 10.1 Å². The number of hydrogen-bond acceptors (Lipinski definition) is 5. The lowest BCUT2D eigenvalue weighted by Crippen LogP contribution is -1.85. The predicted molar refractivity (Wildman–Crippen MR) is 59.4 cm³/mol. The molecule has 0 aliphatic rings. The molecule has 0 bridgehead atoms. The van der Waals surface area contributed by atoms with E-state index in [0.29, 0.717) is 0 Å². The number of thiophene rings is 2. The molecule has 2 rings (SSSR count). The first-order valence-electron chi connectivity index (χ1n) is 3.70. The molecule has 0 saturated carbocycles. The average molecular weight is 243 g/mol. The molecular formula is C8H5NO2S3. The van der Waals surface area contributed by atoms with Gasteiger partial charge in [-0.2, -0.15) is 0 Å². The van der Waals surface area contributed by atoms with Gasteiger partial charge in [-0.25, -0.2) is 0 Å². The topological polar surface area (TPSA) is 43.1 Å². The number of nitrogens with zero attached hydrogens (tertiary/aromatic N) is 1.